The normalized spacial score (nSPS) is 38.0. The highest BCUT2D eigenvalue weighted by atomic mass is 16.5. The number of rotatable bonds is 0. The molecule has 2 atom stereocenters. The van der Waals surface area contributed by atoms with Crippen LogP contribution in [0.1, 0.15) is 12.8 Å². The van der Waals surface area contributed by atoms with Gasteiger partial charge in [-0.3, -0.25) is 9.59 Å². The largest absolute Gasteiger partial charge is 0.465 e. The number of Topliss-reactive ketones (excluding diaryl/α,β-unsaturated/α-hetero) is 1. The van der Waals surface area contributed by atoms with E-state index in [4.69, 9.17) is 4.74 Å². The molecule has 1 saturated heterocycles. The maximum absolute atomic E-state index is 11.0. The fraction of sp³-hybridized carbons (Fsp3) is 0.714. The molecule has 0 aromatic carbocycles. The van der Waals surface area contributed by atoms with Crippen LogP contribution in [0.2, 0.25) is 0 Å². The molecular formula is C7H8O3. The van der Waals surface area contributed by atoms with Crippen molar-refractivity contribution in [3.63, 3.8) is 0 Å². The second-order valence-corrected chi connectivity index (χ2v) is 2.87. The first-order valence-electron chi connectivity index (χ1n) is 3.48. The summed E-state index contributed by atoms with van der Waals surface area (Å²) < 4.78 is 4.73. The molecule has 1 saturated carbocycles. The highest BCUT2D eigenvalue weighted by molar-refractivity contribution is 6.01. The zero-order valence-corrected chi connectivity index (χ0v) is 5.50. The lowest BCUT2D eigenvalue weighted by molar-refractivity contribution is -0.144. The van der Waals surface area contributed by atoms with E-state index in [1.54, 1.807) is 0 Å². The Morgan fingerprint density at radius 2 is 2.20 bits per heavy atom. The summed E-state index contributed by atoms with van der Waals surface area (Å²) in [4.78, 5) is 21.8. The van der Waals surface area contributed by atoms with Crippen LogP contribution in [0.15, 0.2) is 0 Å². The summed E-state index contributed by atoms with van der Waals surface area (Å²) in [6.07, 6.45) is 1.42. The Labute approximate surface area is 58.4 Å². The highest BCUT2D eigenvalue weighted by Crippen LogP contribution is 2.34. The number of fused-ring (bicyclic) bond motifs is 1. The molecule has 2 rings (SSSR count). The van der Waals surface area contributed by atoms with Gasteiger partial charge in [0.05, 0.1) is 6.61 Å². The lowest BCUT2D eigenvalue weighted by Crippen LogP contribution is -2.17. The van der Waals surface area contributed by atoms with Crippen molar-refractivity contribution in [1.29, 1.82) is 0 Å². The molecule has 0 aromatic heterocycles. The number of hydrogen-bond donors (Lipinski definition) is 0. The summed E-state index contributed by atoms with van der Waals surface area (Å²) in [5.74, 6) is -0.403. The van der Waals surface area contributed by atoms with Gasteiger partial charge in [0.2, 0.25) is 0 Å². The van der Waals surface area contributed by atoms with Gasteiger partial charge in [-0.2, -0.15) is 0 Å². The SMILES string of the molecule is O=C1CCC2COC(=O)C12. The minimum atomic E-state index is -0.389. The summed E-state index contributed by atoms with van der Waals surface area (Å²) in [5.41, 5.74) is 0. The maximum atomic E-state index is 11.0. The number of ether oxygens (including phenoxy) is 1. The number of hydrogen-bond acceptors (Lipinski definition) is 3. The molecule has 0 aromatic rings. The van der Waals surface area contributed by atoms with E-state index < -0.39 is 0 Å². The topological polar surface area (TPSA) is 43.4 Å². The van der Waals surface area contributed by atoms with Gasteiger partial charge >= 0.3 is 5.97 Å². The van der Waals surface area contributed by atoms with Crippen LogP contribution in [0.5, 0.6) is 0 Å². The minimum absolute atomic E-state index is 0.0764. The molecule has 2 aliphatic rings. The van der Waals surface area contributed by atoms with Crippen LogP contribution in [0.25, 0.3) is 0 Å². The van der Waals surface area contributed by atoms with E-state index in [-0.39, 0.29) is 23.6 Å². The van der Waals surface area contributed by atoms with E-state index in [1.807, 2.05) is 0 Å². The van der Waals surface area contributed by atoms with Crippen molar-refractivity contribution in [3.8, 4) is 0 Å². The molecule has 1 heterocycles. The predicted molar refractivity (Wildman–Crippen MR) is 32.2 cm³/mol. The summed E-state index contributed by atoms with van der Waals surface area (Å²) in [6, 6.07) is 0. The van der Waals surface area contributed by atoms with Crippen LogP contribution in [0.4, 0.5) is 0 Å². The van der Waals surface area contributed by atoms with Gasteiger partial charge in [-0.15, -0.1) is 0 Å². The quantitative estimate of drug-likeness (QED) is 0.355. The van der Waals surface area contributed by atoms with Crippen molar-refractivity contribution < 1.29 is 14.3 Å². The molecule has 0 N–H and O–H groups in total. The molecule has 1 aliphatic carbocycles. The van der Waals surface area contributed by atoms with E-state index in [2.05, 4.69) is 0 Å². The smallest absolute Gasteiger partial charge is 0.316 e. The Morgan fingerprint density at radius 3 is 2.90 bits per heavy atom. The molecule has 3 heteroatoms. The van der Waals surface area contributed by atoms with Crippen LogP contribution < -0.4 is 0 Å². The number of ketones is 1. The highest BCUT2D eigenvalue weighted by Gasteiger charge is 2.46. The molecule has 0 amide bonds. The molecule has 54 valence electrons. The van der Waals surface area contributed by atoms with E-state index in [0.717, 1.165) is 6.42 Å². The summed E-state index contributed by atoms with van der Waals surface area (Å²) in [7, 11) is 0. The van der Waals surface area contributed by atoms with Crippen molar-refractivity contribution >= 4 is 11.8 Å². The number of carbonyl (C=O) groups excluding carboxylic acids is 2. The van der Waals surface area contributed by atoms with Gasteiger partial charge in [0, 0.05) is 12.3 Å². The van der Waals surface area contributed by atoms with Crippen LogP contribution in [-0.4, -0.2) is 18.4 Å². The molecule has 2 unspecified atom stereocenters. The second kappa shape index (κ2) is 1.81. The zero-order chi connectivity index (χ0) is 7.14. The Balaban J connectivity index is 2.26. The number of cyclic esters (lactones) is 1. The first-order chi connectivity index (χ1) is 4.79. The Bertz CT molecular complexity index is 177. The molecule has 3 nitrogen and oxygen atoms in total. The summed E-state index contributed by atoms with van der Waals surface area (Å²) >= 11 is 0. The lowest BCUT2D eigenvalue weighted by Gasteiger charge is -1.96. The minimum Gasteiger partial charge on any atom is -0.465 e. The first-order valence-corrected chi connectivity index (χ1v) is 3.48. The third-order valence-electron chi connectivity index (χ3n) is 2.27. The number of esters is 1. The van der Waals surface area contributed by atoms with E-state index in [1.165, 1.54) is 0 Å². The van der Waals surface area contributed by atoms with Crippen molar-refractivity contribution in [2.45, 2.75) is 12.8 Å². The first kappa shape index (κ1) is 5.89. The summed E-state index contributed by atoms with van der Waals surface area (Å²) in [5, 5.41) is 0. The molecular weight excluding hydrogens is 132 g/mol. The van der Waals surface area contributed by atoms with Gasteiger partial charge < -0.3 is 4.74 Å². The van der Waals surface area contributed by atoms with Crippen LogP contribution in [0.3, 0.4) is 0 Å². The van der Waals surface area contributed by atoms with Gasteiger partial charge in [-0.25, -0.2) is 0 Å². The Kier molecular flexibility index (Phi) is 1.07. The Hall–Kier alpha value is -0.860. The molecule has 0 spiro atoms. The van der Waals surface area contributed by atoms with Gasteiger partial charge in [-0.05, 0) is 6.42 Å². The van der Waals surface area contributed by atoms with Crippen LogP contribution >= 0.6 is 0 Å². The van der Waals surface area contributed by atoms with Crippen molar-refractivity contribution in [1.82, 2.24) is 0 Å². The van der Waals surface area contributed by atoms with Crippen molar-refractivity contribution in [2.75, 3.05) is 6.61 Å². The molecule has 1 aliphatic heterocycles. The fourth-order valence-corrected chi connectivity index (χ4v) is 1.70. The summed E-state index contributed by atoms with van der Waals surface area (Å²) in [6.45, 7) is 0.468. The number of carbonyl (C=O) groups is 2. The van der Waals surface area contributed by atoms with Gasteiger partial charge in [0.25, 0.3) is 0 Å². The molecule has 10 heavy (non-hydrogen) atoms. The average Bonchev–Trinajstić information content (AvgIpc) is 2.40. The Morgan fingerprint density at radius 1 is 1.40 bits per heavy atom. The van der Waals surface area contributed by atoms with Gasteiger partial charge in [-0.1, -0.05) is 0 Å². The van der Waals surface area contributed by atoms with Crippen LogP contribution in [0, 0.1) is 11.8 Å². The van der Waals surface area contributed by atoms with E-state index in [9.17, 15) is 9.59 Å². The monoisotopic (exact) mass is 140 g/mol. The maximum Gasteiger partial charge on any atom is 0.316 e. The van der Waals surface area contributed by atoms with Crippen LogP contribution in [-0.2, 0) is 14.3 Å². The van der Waals surface area contributed by atoms with Gasteiger partial charge in [0.15, 0.2) is 0 Å². The van der Waals surface area contributed by atoms with E-state index >= 15 is 0 Å². The molecule has 0 radical (unpaired) electrons. The van der Waals surface area contributed by atoms with Crippen molar-refractivity contribution in [2.24, 2.45) is 11.8 Å². The standard InChI is InChI=1S/C7H8O3/c8-5-2-1-4-3-10-7(9)6(4)5/h4,6H,1-3H2. The third kappa shape index (κ3) is 0.602. The van der Waals surface area contributed by atoms with Crippen molar-refractivity contribution in [3.05, 3.63) is 0 Å². The average molecular weight is 140 g/mol. The predicted octanol–water partition coefficient (Wildman–Crippen LogP) is 0.139. The molecule has 2 fully saturated rings. The van der Waals surface area contributed by atoms with E-state index in [0.29, 0.717) is 13.0 Å². The second-order valence-electron chi connectivity index (χ2n) is 2.87. The fourth-order valence-electron chi connectivity index (χ4n) is 1.70. The van der Waals surface area contributed by atoms with Gasteiger partial charge in [0.1, 0.15) is 11.7 Å². The zero-order valence-electron chi connectivity index (χ0n) is 5.50. The lowest BCUT2D eigenvalue weighted by atomic mass is 10.00. The third-order valence-corrected chi connectivity index (χ3v) is 2.27. The molecule has 0 bridgehead atoms.